The number of benzene rings is 1. The molecule has 228 valence electrons. The Morgan fingerprint density at radius 3 is 2.55 bits per heavy atom. The third-order valence-electron chi connectivity index (χ3n) is 8.71. The van der Waals surface area contributed by atoms with E-state index in [2.05, 4.69) is 9.97 Å². The van der Waals surface area contributed by atoms with Gasteiger partial charge < -0.3 is 19.5 Å². The average molecular weight is 608 g/mol. The molecule has 1 aromatic heterocycles. The van der Waals surface area contributed by atoms with Gasteiger partial charge in [-0.25, -0.2) is 14.8 Å². The van der Waals surface area contributed by atoms with E-state index in [0.29, 0.717) is 24.3 Å². The minimum atomic E-state index is -3.39. The summed E-state index contributed by atoms with van der Waals surface area (Å²) >= 11 is 6.12. The maximum atomic E-state index is 15.7. The molecule has 9 nitrogen and oxygen atoms in total. The summed E-state index contributed by atoms with van der Waals surface area (Å²) in [5.41, 5.74) is -0.852. The smallest absolute Gasteiger partial charge is 0.326 e. The van der Waals surface area contributed by atoms with Crippen molar-refractivity contribution in [3.8, 4) is 5.88 Å². The fourth-order valence-electron chi connectivity index (χ4n) is 6.05. The first-order valence-electron chi connectivity index (χ1n) is 14.4. The van der Waals surface area contributed by atoms with Gasteiger partial charge >= 0.3 is 11.9 Å². The number of hydrogen-bond donors (Lipinski definition) is 1. The van der Waals surface area contributed by atoms with Gasteiger partial charge in [0.2, 0.25) is 11.8 Å². The zero-order valence-corrected chi connectivity index (χ0v) is 24.9. The summed E-state index contributed by atoms with van der Waals surface area (Å²) in [5.74, 6) is -7.67. The fourth-order valence-corrected chi connectivity index (χ4v) is 6.22. The number of nitrogens with zero attached hydrogens (tertiary/aromatic N) is 3. The number of alkyl halides is 2. The van der Waals surface area contributed by atoms with Crippen LogP contribution in [0.4, 0.5) is 8.78 Å². The third kappa shape index (κ3) is 6.16. The van der Waals surface area contributed by atoms with Crippen molar-refractivity contribution in [2.75, 3.05) is 6.54 Å². The minimum Gasteiger partial charge on any atom is -0.480 e. The topological polar surface area (TPSA) is 119 Å². The van der Waals surface area contributed by atoms with Crippen molar-refractivity contribution in [3.05, 3.63) is 28.9 Å². The molecule has 1 saturated carbocycles. The maximum absolute atomic E-state index is 15.7. The summed E-state index contributed by atoms with van der Waals surface area (Å²) in [6.45, 7) is 6.83. The van der Waals surface area contributed by atoms with E-state index in [1.807, 2.05) is 20.8 Å². The Labute approximate surface area is 247 Å². The van der Waals surface area contributed by atoms with Gasteiger partial charge in [0.1, 0.15) is 18.2 Å². The molecule has 5 rings (SSSR count). The van der Waals surface area contributed by atoms with Crippen molar-refractivity contribution in [1.82, 2.24) is 14.9 Å². The van der Waals surface area contributed by atoms with Crippen LogP contribution in [0.3, 0.4) is 0 Å². The van der Waals surface area contributed by atoms with Crippen molar-refractivity contribution in [1.29, 1.82) is 0 Å². The van der Waals surface area contributed by atoms with E-state index < -0.39 is 71.2 Å². The van der Waals surface area contributed by atoms with E-state index in [1.165, 1.54) is 23.1 Å². The number of amides is 1. The van der Waals surface area contributed by atoms with Gasteiger partial charge in [0, 0.05) is 17.4 Å². The monoisotopic (exact) mass is 607 g/mol. The molecule has 2 aliphatic heterocycles. The first-order valence-corrected chi connectivity index (χ1v) is 14.8. The van der Waals surface area contributed by atoms with Crippen LogP contribution in [0.2, 0.25) is 5.02 Å². The van der Waals surface area contributed by atoms with Gasteiger partial charge in [-0.3, -0.25) is 9.59 Å². The van der Waals surface area contributed by atoms with Crippen molar-refractivity contribution in [3.63, 3.8) is 0 Å². The second kappa shape index (κ2) is 11.2. The molecule has 1 N–H and O–H groups in total. The van der Waals surface area contributed by atoms with Crippen molar-refractivity contribution in [2.24, 2.45) is 23.2 Å². The fraction of sp³-hybridized carbons (Fsp3) is 0.633. The van der Waals surface area contributed by atoms with E-state index in [-0.39, 0.29) is 42.4 Å². The van der Waals surface area contributed by atoms with Crippen LogP contribution in [0, 0.1) is 23.2 Å². The highest BCUT2D eigenvalue weighted by atomic mass is 35.5. The molecule has 0 unspecified atom stereocenters. The quantitative estimate of drug-likeness (QED) is 0.416. The molecule has 42 heavy (non-hydrogen) atoms. The molecule has 12 heteroatoms. The van der Waals surface area contributed by atoms with Gasteiger partial charge in [-0.2, -0.15) is 8.78 Å². The van der Waals surface area contributed by atoms with Gasteiger partial charge in [0.25, 0.3) is 5.92 Å². The summed E-state index contributed by atoms with van der Waals surface area (Å²) in [4.78, 5) is 49.1. The number of ether oxygens (including phenoxy) is 2. The zero-order valence-electron chi connectivity index (χ0n) is 24.1. The Bertz CT molecular complexity index is 1400. The van der Waals surface area contributed by atoms with Crippen LogP contribution in [-0.4, -0.2) is 62.6 Å². The van der Waals surface area contributed by atoms with Crippen LogP contribution in [0.1, 0.15) is 71.9 Å². The van der Waals surface area contributed by atoms with Crippen molar-refractivity contribution >= 4 is 40.5 Å². The van der Waals surface area contributed by atoms with E-state index in [0.717, 1.165) is 0 Å². The molecule has 2 aromatic rings. The third-order valence-corrected chi connectivity index (χ3v) is 8.94. The number of hydrogen-bond acceptors (Lipinski definition) is 7. The minimum absolute atomic E-state index is 0.0888. The molecule has 1 amide bonds. The van der Waals surface area contributed by atoms with Crippen LogP contribution in [0.5, 0.6) is 5.88 Å². The molecule has 0 radical (unpaired) electrons. The number of carboxylic acid groups (broad SMARTS) is 1. The maximum Gasteiger partial charge on any atom is 0.326 e. The Morgan fingerprint density at radius 2 is 1.86 bits per heavy atom. The van der Waals surface area contributed by atoms with E-state index >= 15 is 8.78 Å². The number of rotatable bonds is 1. The van der Waals surface area contributed by atoms with Crippen LogP contribution >= 0.6 is 11.6 Å². The standard InChI is InChI=1S/C30H36ClF2N3O6/c1-15-22-14-36(24(15)28(39)40)27(38)18(29(2,3)4)13-23(37)41-21-11-16(21)7-5-6-10-30(32,33)25-26(42-22)35-20-12-17(31)8-9-19(20)34-25/h8-9,12,15-16,18,21-22,24H,5-7,10-11,13-14H2,1-4H3,(H,39,40)/t15-,16-,18-,21-,22+,24+/m1/s1. The molecule has 0 spiro atoms. The van der Waals surface area contributed by atoms with Gasteiger partial charge in [-0.05, 0) is 48.8 Å². The van der Waals surface area contributed by atoms with Gasteiger partial charge in [-0.15, -0.1) is 0 Å². The second-order valence-corrected chi connectivity index (χ2v) is 13.3. The lowest BCUT2D eigenvalue weighted by Gasteiger charge is -2.34. The van der Waals surface area contributed by atoms with E-state index in [4.69, 9.17) is 21.1 Å². The van der Waals surface area contributed by atoms with Crippen molar-refractivity contribution in [2.45, 2.75) is 90.4 Å². The predicted molar refractivity (Wildman–Crippen MR) is 149 cm³/mol. The molecule has 1 aromatic carbocycles. The first-order chi connectivity index (χ1) is 19.7. The molecule has 6 atom stereocenters. The number of carboxylic acids is 1. The molecule has 2 fully saturated rings. The Morgan fingerprint density at radius 1 is 1.12 bits per heavy atom. The molecule has 3 aliphatic rings. The number of fused-ring (bicyclic) bond motifs is 5. The largest absolute Gasteiger partial charge is 0.480 e. The zero-order chi connectivity index (χ0) is 30.6. The molecule has 2 bridgehead atoms. The van der Waals surface area contributed by atoms with Gasteiger partial charge in [0.15, 0.2) is 5.69 Å². The summed E-state index contributed by atoms with van der Waals surface area (Å²) in [6.07, 6.45) is 0.0425. The Hall–Kier alpha value is -3.08. The van der Waals surface area contributed by atoms with Crippen LogP contribution in [0.25, 0.3) is 11.0 Å². The molecule has 3 heterocycles. The lowest BCUT2D eigenvalue weighted by atomic mass is 9.77. The summed E-state index contributed by atoms with van der Waals surface area (Å²) < 4.78 is 43.2. The first kappa shape index (κ1) is 30.4. The molecule has 1 saturated heterocycles. The van der Waals surface area contributed by atoms with E-state index in [1.54, 1.807) is 6.92 Å². The number of aliphatic carboxylic acids is 1. The molecular weight excluding hydrogens is 572 g/mol. The molecule has 1 aliphatic carbocycles. The second-order valence-electron chi connectivity index (χ2n) is 12.9. The Kier molecular flexibility index (Phi) is 8.10. The highest BCUT2D eigenvalue weighted by molar-refractivity contribution is 6.31. The predicted octanol–water partition coefficient (Wildman–Crippen LogP) is 5.61. The number of carbonyl (C=O) groups excluding carboxylic acids is 2. The SMILES string of the molecule is C[C@@H]1[C@@H]2CN(C(=O)[C@H](C(C)(C)C)CC(=O)O[C@@H]3C[C@H]3CCCCC(F)(F)c3nc4ccc(Cl)cc4nc3O2)[C@@H]1C(=O)O. The lowest BCUT2D eigenvalue weighted by Crippen LogP contribution is -2.48. The van der Waals surface area contributed by atoms with Crippen LogP contribution in [-0.2, 0) is 25.0 Å². The number of carbonyl (C=O) groups is 3. The van der Waals surface area contributed by atoms with Gasteiger partial charge in [-0.1, -0.05) is 45.7 Å². The average Bonchev–Trinajstić information content (AvgIpc) is 3.54. The normalized spacial score (nSPS) is 30.4. The number of aromatic nitrogens is 2. The summed E-state index contributed by atoms with van der Waals surface area (Å²) in [7, 11) is 0. The van der Waals surface area contributed by atoms with Crippen LogP contribution in [0.15, 0.2) is 18.2 Å². The van der Waals surface area contributed by atoms with Crippen molar-refractivity contribution < 1.29 is 37.7 Å². The molecular formula is C30H36ClF2N3O6. The summed E-state index contributed by atoms with van der Waals surface area (Å²) in [6, 6.07) is 3.23. The highest BCUT2D eigenvalue weighted by Gasteiger charge is 2.51. The van der Waals surface area contributed by atoms with E-state index in [9.17, 15) is 19.5 Å². The Balaban J connectivity index is 1.56. The van der Waals surface area contributed by atoms with Crippen LogP contribution < -0.4 is 4.74 Å². The lowest BCUT2D eigenvalue weighted by molar-refractivity contribution is -0.157. The van der Waals surface area contributed by atoms with Gasteiger partial charge in [0.05, 0.1) is 29.9 Å². The highest BCUT2D eigenvalue weighted by Crippen LogP contribution is 2.43. The number of esters is 1. The number of halogens is 3. The summed E-state index contributed by atoms with van der Waals surface area (Å²) in [5, 5.41) is 10.5.